The Balaban J connectivity index is 1.81. The van der Waals surface area contributed by atoms with E-state index in [4.69, 9.17) is 0 Å². The highest BCUT2D eigenvalue weighted by Crippen LogP contribution is 2.24. The number of benzene rings is 2. The quantitative estimate of drug-likeness (QED) is 0.939. The van der Waals surface area contributed by atoms with Gasteiger partial charge in [0.05, 0.1) is 6.04 Å². The van der Waals surface area contributed by atoms with Crippen molar-refractivity contribution >= 4 is 10.8 Å². The van der Waals surface area contributed by atoms with Gasteiger partial charge >= 0.3 is 0 Å². The molecule has 1 aliphatic heterocycles. The molecule has 3 rings (SSSR count). The van der Waals surface area contributed by atoms with Gasteiger partial charge in [-0.15, -0.1) is 0 Å². The van der Waals surface area contributed by atoms with Gasteiger partial charge in [-0.25, -0.2) is 0 Å². The molecule has 2 aromatic carbocycles. The van der Waals surface area contributed by atoms with Crippen molar-refractivity contribution in [2.75, 3.05) is 11.5 Å². The molecule has 2 aromatic rings. The van der Waals surface area contributed by atoms with E-state index in [1.807, 2.05) is 0 Å². The molecule has 2 nitrogen and oxygen atoms in total. The van der Waals surface area contributed by atoms with Crippen LogP contribution in [0.4, 0.5) is 0 Å². The van der Waals surface area contributed by atoms with Gasteiger partial charge in [-0.05, 0) is 24.0 Å². The minimum atomic E-state index is -0.605. The minimum absolute atomic E-state index is 0.212. The molecular weight excluding hydrogens is 278 g/mol. The number of hydrogen-bond donors (Lipinski definition) is 1. The fraction of sp³-hybridized carbons (Fsp3) is 0.333. The minimum Gasteiger partial charge on any atom is -0.303 e. The van der Waals surface area contributed by atoms with Crippen molar-refractivity contribution in [1.82, 2.24) is 5.32 Å². The second-order valence-corrected chi connectivity index (χ2v) is 7.24. The molecule has 1 N–H and O–H groups in total. The number of rotatable bonds is 4. The average Bonchev–Trinajstić information content (AvgIpc) is 2.56. The van der Waals surface area contributed by atoms with Crippen molar-refractivity contribution in [3.8, 4) is 0 Å². The van der Waals surface area contributed by atoms with Gasteiger partial charge in [-0.2, -0.15) is 0 Å². The number of hydrogen-bond acceptors (Lipinski definition) is 2. The standard InChI is InChI=1S/C18H21NOS/c20-21-13-11-17(12-14-21)19-18(15-7-3-1-4-8-15)16-9-5-2-6-10-16/h1-10,17-19H,11-14H2. The Morgan fingerprint density at radius 2 is 1.33 bits per heavy atom. The predicted octanol–water partition coefficient (Wildman–Crippen LogP) is 3.28. The fourth-order valence-electron chi connectivity index (χ4n) is 2.87. The van der Waals surface area contributed by atoms with Crippen molar-refractivity contribution in [3.05, 3.63) is 71.8 Å². The lowest BCUT2D eigenvalue weighted by atomic mass is 9.97. The Kier molecular flexibility index (Phi) is 4.84. The summed E-state index contributed by atoms with van der Waals surface area (Å²) in [6.45, 7) is 0. The van der Waals surface area contributed by atoms with Crippen molar-refractivity contribution in [2.45, 2.75) is 24.9 Å². The summed E-state index contributed by atoms with van der Waals surface area (Å²) in [5.74, 6) is 1.65. The van der Waals surface area contributed by atoms with Crippen LogP contribution >= 0.6 is 0 Å². The third-order valence-electron chi connectivity index (χ3n) is 4.06. The molecule has 0 aliphatic carbocycles. The van der Waals surface area contributed by atoms with Crippen LogP contribution in [0, 0.1) is 0 Å². The summed E-state index contributed by atoms with van der Waals surface area (Å²) in [6.07, 6.45) is 2.01. The molecule has 1 saturated heterocycles. The Bertz CT molecular complexity index is 535. The van der Waals surface area contributed by atoms with E-state index in [2.05, 4.69) is 66.0 Å². The highest BCUT2D eigenvalue weighted by atomic mass is 32.2. The lowest BCUT2D eigenvalue weighted by molar-refractivity contribution is 0.441. The molecule has 1 heterocycles. The highest BCUT2D eigenvalue weighted by molar-refractivity contribution is 7.85. The lowest BCUT2D eigenvalue weighted by Crippen LogP contribution is -2.38. The van der Waals surface area contributed by atoms with Gasteiger partial charge < -0.3 is 5.32 Å². The van der Waals surface area contributed by atoms with Gasteiger partial charge in [0.25, 0.3) is 0 Å². The first-order valence-corrected chi connectivity index (χ1v) is 9.02. The van der Waals surface area contributed by atoms with Crippen LogP contribution in [0.2, 0.25) is 0 Å². The lowest BCUT2D eigenvalue weighted by Gasteiger charge is -2.29. The second-order valence-electron chi connectivity index (χ2n) is 5.54. The smallest absolute Gasteiger partial charge is 0.0578 e. The molecule has 0 radical (unpaired) electrons. The zero-order valence-corrected chi connectivity index (χ0v) is 12.9. The van der Waals surface area contributed by atoms with Gasteiger partial charge in [-0.1, -0.05) is 60.7 Å². The van der Waals surface area contributed by atoms with Gasteiger partial charge in [0.1, 0.15) is 0 Å². The maximum Gasteiger partial charge on any atom is 0.0578 e. The molecule has 0 aromatic heterocycles. The van der Waals surface area contributed by atoms with Crippen LogP contribution < -0.4 is 5.32 Å². The highest BCUT2D eigenvalue weighted by Gasteiger charge is 2.22. The van der Waals surface area contributed by atoms with Crippen LogP contribution in [-0.2, 0) is 10.8 Å². The summed E-state index contributed by atoms with van der Waals surface area (Å²) in [4.78, 5) is 0. The molecule has 0 bridgehead atoms. The van der Waals surface area contributed by atoms with Crippen LogP contribution in [0.5, 0.6) is 0 Å². The number of nitrogens with one attached hydrogen (secondary N) is 1. The maximum atomic E-state index is 11.5. The molecule has 0 saturated carbocycles. The Morgan fingerprint density at radius 1 is 0.857 bits per heavy atom. The third kappa shape index (κ3) is 3.80. The van der Waals surface area contributed by atoms with Crippen LogP contribution in [0.15, 0.2) is 60.7 Å². The first-order chi connectivity index (χ1) is 10.3. The van der Waals surface area contributed by atoms with Crippen LogP contribution in [0.3, 0.4) is 0 Å². The largest absolute Gasteiger partial charge is 0.303 e. The van der Waals surface area contributed by atoms with E-state index in [9.17, 15) is 4.21 Å². The van der Waals surface area contributed by atoms with Gasteiger partial charge in [0.15, 0.2) is 0 Å². The third-order valence-corrected chi connectivity index (χ3v) is 5.44. The molecule has 1 fully saturated rings. The van der Waals surface area contributed by atoms with Crippen molar-refractivity contribution in [3.63, 3.8) is 0 Å². The fourth-order valence-corrected chi connectivity index (χ4v) is 4.17. The van der Waals surface area contributed by atoms with Crippen molar-refractivity contribution < 1.29 is 4.21 Å². The average molecular weight is 299 g/mol. The maximum absolute atomic E-state index is 11.5. The Labute approximate surface area is 129 Å². The zero-order valence-electron chi connectivity index (χ0n) is 12.1. The molecule has 21 heavy (non-hydrogen) atoms. The summed E-state index contributed by atoms with van der Waals surface area (Å²) in [6, 6.07) is 21.8. The van der Waals surface area contributed by atoms with E-state index in [1.54, 1.807) is 0 Å². The van der Waals surface area contributed by atoms with E-state index in [0.29, 0.717) is 6.04 Å². The van der Waals surface area contributed by atoms with Gasteiger partial charge in [-0.3, -0.25) is 4.21 Å². The van der Waals surface area contributed by atoms with Crippen molar-refractivity contribution in [2.24, 2.45) is 0 Å². The normalized spacial score (nSPS) is 22.3. The molecule has 110 valence electrons. The molecule has 0 atom stereocenters. The molecule has 0 unspecified atom stereocenters. The first-order valence-electron chi connectivity index (χ1n) is 7.54. The summed E-state index contributed by atoms with van der Waals surface area (Å²) in [5, 5.41) is 3.77. The Hall–Kier alpha value is -1.45. The molecule has 3 heteroatoms. The SMILES string of the molecule is O=S1CCC(NC(c2ccccc2)c2ccccc2)CC1. The summed E-state index contributed by atoms with van der Waals surface area (Å²) >= 11 is 0. The molecule has 0 spiro atoms. The Morgan fingerprint density at radius 3 is 1.81 bits per heavy atom. The van der Waals surface area contributed by atoms with E-state index < -0.39 is 10.8 Å². The summed E-state index contributed by atoms with van der Waals surface area (Å²) in [5.41, 5.74) is 2.57. The van der Waals surface area contributed by atoms with Gasteiger partial charge in [0.2, 0.25) is 0 Å². The molecular formula is C18H21NOS. The predicted molar refractivity (Wildman–Crippen MR) is 88.8 cm³/mol. The topological polar surface area (TPSA) is 29.1 Å². The second kappa shape index (κ2) is 7.01. The molecule has 1 aliphatic rings. The zero-order chi connectivity index (χ0) is 14.5. The van der Waals surface area contributed by atoms with E-state index >= 15 is 0 Å². The summed E-state index contributed by atoms with van der Waals surface area (Å²) in [7, 11) is -0.605. The van der Waals surface area contributed by atoms with E-state index in [0.717, 1.165) is 24.3 Å². The monoisotopic (exact) mass is 299 g/mol. The molecule has 0 amide bonds. The van der Waals surface area contributed by atoms with Crippen molar-refractivity contribution in [1.29, 1.82) is 0 Å². The van der Waals surface area contributed by atoms with Crippen LogP contribution in [-0.4, -0.2) is 21.8 Å². The first kappa shape index (κ1) is 14.5. The summed E-state index contributed by atoms with van der Waals surface area (Å²) < 4.78 is 11.5. The van der Waals surface area contributed by atoms with Gasteiger partial charge in [0, 0.05) is 28.3 Å². The van der Waals surface area contributed by atoms with E-state index in [1.165, 1.54) is 11.1 Å². The van der Waals surface area contributed by atoms with Crippen LogP contribution in [0.25, 0.3) is 0 Å². The van der Waals surface area contributed by atoms with Crippen LogP contribution in [0.1, 0.15) is 30.0 Å². The van der Waals surface area contributed by atoms with E-state index in [-0.39, 0.29) is 6.04 Å².